The van der Waals surface area contributed by atoms with Gasteiger partial charge in [-0.25, -0.2) is 4.98 Å². The average Bonchev–Trinajstić information content (AvgIpc) is 2.14. The third-order valence-corrected chi connectivity index (χ3v) is 3.83. The van der Waals surface area contributed by atoms with E-state index in [1.807, 2.05) is 24.8 Å². The van der Waals surface area contributed by atoms with Crippen molar-refractivity contribution < 1.29 is 0 Å². The summed E-state index contributed by atoms with van der Waals surface area (Å²) in [5, 5.41) is 1.28. The van der Waals surface area contributed by atoms with Crippen molar-refractivity contribution in [2.45, 2.75) is 31.3 Å². The van der Waals surface area contributed by atoms with Crippen molar-refractivity contribution in [3.8, 4) is 0 Å². The smallest absolute Gasteiger partial charge is 0.222 e. The highest BCUT2D eigenvalue weighted by Crippen LogP contribution is 2.27. The largest absolute Gasteiger partial charge is 0.368 e. The lowest BCUT2D eigenvalue weighted by Gasteiger charge is -2.35. The molecule has 16 heavy (non-hydrogen) atoms. The van der Waals surface area contributed by atoms with E-state index in [1.165, 1.54) is 0 Å². The van der Waals surface area contributed by atoms with E-state index in [2.05, 4.69) is 28.7 Å². The first kappa shape index (κ1) is 11.5. The van der Waals surface area contributed by atoms with Gasteiger partial charge in [-0.1, -0.05) is 13.8 Å². The maximum absolute atomic E-state index is 5.68. The zero-order chi connectivity index (χ0) is 11.7. The molecule has 1 fully saturated rings. The molecule has 0 amide bonds. The number of nitrogen functional groups attached to an aromatic ring is 1. The zero-order valence-electron chi connectivity index (χ0n) is 9.97. The SMILES string of the molecule is Cc1cc(N2CC(C)SC(C)C2)nc(N)n1. The minimum atomic E-state index is 0.369. The topological polar surface area (TPSA) is 55.0 Å². The molecular formula is C11H18N4S. The van der Waals surface area contributed by atoms with Gasteiger partial charge < -0.3 is 10.6 Å². The molecule has 2 unspecified atom stereocenters. The number of nitrogens with two attached hydrogens (primary N) is 1. The van der Waals surface area contributed by atoms with Gasteiger partial charge in [0.15, 0.2) is 0 Å². The first-order chi connectivity index (χ1) is 7.54. The van der Waals surface area contributed by atoms with Crippen molar-refractivity contribution >= 4 is 23.5 Å². The van der Waals surface area contributed by atoms with E-state index in [9.17, 15) is 0 Å². The Morgan fingerprint density at radius 1 is 1.31 bits per heavy atom. The summed E-state index contributed by atoms with van der Waals surface area (Å²) in [5.74, 6) is 1.33. The second-order valence-electron chi connectivity index (χ2n) is 4.39. The van der Waals surface area contributed by atoms with Crippen LogP contribution in [0.4, 0.5) is 11.8 Å². The summed E-state index contributed by atoms with van der Waals surface area (Å²) >= 11 is 2.03. The quantitative estimate of drug-likeness (QED) is 0.807. The molecule has 2 N–H and O–H groups in total. The maximum atomic E-state index is 5.68. The highest BCUT2D eigenvalue weighted by Gasteiger charge is 2.23. The summed E-state index contributed by atoms with van der Waals surface area (Å²) in [6, 6.07) is 2.01. The standard InChI is InChI=1S/C11H18N4S/c1-7-4-10(14-11(12)13-7)15-5-8(2)16-9(3)6-15/h4,8-9H,5-6H2,1-3H3,(H2,12,13,14). The van der Waals surface area contributed by atoms with Crippen molar-refractivity contribution in [1.29, 1.82) is 0 Å². The molecule has 0 bridgehead atoms. The molecule has 0 radical (unpaired) electrons. The number of rotatable bonds is 1. The molecule has 1 aromatic heterocycles. The van der Waals surface area contributed by atoms with E-state index >= 15 is 0 Å². The maximum Gasteiger partial charge on any atom is 0.222 e. The molecule has 88 valence electrons. The first-order valence-corrected chi connectivity index (χ1v) is 6.50. The second kappa shape index (κ2) is 4.49. The van der Waals surface area contributed by atoms with E-state index in [0.717, 1.165) is 24.6 Å². The molecule has 1 aliphatic rings. The van der Waals surface area contributed by atoms with Crippen LogP contribution in [0.1, 0.15) is 19.5 Å². The van der Waals surface area contributed by atoms with Crippen LogP contribution in [0.5, 0.6) is 0 Å². The van der Waals surface area contributed by atoms with Crippen molar-refractivity contribution in [2.75, 3.05) is 23.7 Å². The Morgan fingerprint density at radius 3 is 2.50 bits per heavy atom. The van der Waals surface area contributed by atoms with Crippen LogP contribution in [0.15, 0.2) is 6.07 Å². The molecule has 2 atom stereocenters. The summed E-state index contributed by atoms with van der Waals surface area (Å²) in [6.07, 6.45) is 0. The summed E-state index contributed by atoms with van der Waals surface area (Å²) in [5.41, 5.74) is 6.61. The van der Waals surface area contributed by atoms with Crippen LogP contribution in [0.2, 0.25) is 0 Å². The number of aromatic nitrogens is 2. The van der Waals surface area contributed by atoms with Gasteiger partial charge in [0, 0.05) is 35.3 Å². The van der Waals surface area contributed by atoms with Gasteiger partial charge >= 0.3 is 0 Å². The van der Waals surface area contributed by atoms with Gasteiger partial charge in [-0.05, 0) is 6.92 Å². The lowest BCUT2D eigenvalue weighted by molar-refractivity contribution is 0.717. The first-order valence-electron chi connectivity index (χ1n) is 5.56. The number of aryl methyl sites for hydroxylation is 1. The second-order valence-corrected chi connectivity index (χ2v) is 6.27. The Morgan fingerprint density at radius 2 is 1.94 bits per heavy atom. The Labute approximate surface area is 101 Å². The number of hydrogen-bond donors (Lipinski definition) is 1. The van der Waals surface area contributed by atoms with E-state index in [-0.39, 0.29) is 0 Å². The molecule has 0 spiro atoms. The van der Waals surface area contributed by atoms with E-state index in [4.69, 9.17) is 5.73 Å². The van der Waals surface area contributed by atoms with Crippen LogP contribution >= 0.6 is 11.8 Å². The van der Waals surface area contributed by atoms with Crippen molar-refractivity contribution in [3.63, 3.8) is 0 Å². The lowest BCUT2D eigenvalue weighted by atomic mass is 10.3. The number of hydrogen-bond acceptors (Lipinski definition) is 5. The van der Waals surface area contributed by atoms with Gasteiger partial charge in [0.05, 0.1) is 0 Å². The number of nitrogens with zero attached hydrogens (tertiary/aromatic N) is 3. The van der Waals surface area contributed by atoms with Gasteiger partial charge in [-0.3, -0.25) is 0 Å². The molecule has 1 aliphatic heterocycles. The third kappa shape index (κ3) is 2.58. The van der Waals surface area contributed by atoms with Crippen LogP contribution in [-0.2, 0) is 0 Å². The molecule has 1 aromatic rings. The molecule has 0 aliphatic carbocycles. The van der Waals surface area contributed by atoms with E-state index in [0.29, 0.717) is 16.4 Å². The Hall–Kier alpha value is -0.970. The fourth-order valence-electron chi connectivity index (χ4n) is 2.10. The van der Waals surface area contributed by atoms with Crippen molar-refractivity contribution in [1.82, 2.24) is 9.97 Å². The minimum Gasteiger partial charge on any atom is -0.368 e. The molecule has 2 heterocycles. The zero-order valence-corrected chi connectivity index (χ0v) is 10.8. The Kier molecular flexibility index (Phi) is 3.23. The fraction of sp³-hybridized carbons (Fsp3) is 0.636. The molecular weight excluding hydrogens is 220 g/mol. The van der Waals surface area contributed by atoms with E-state index in [1.54, 1.807) is 0 Å². The predicted molar refractivity (Wildman–Crippen MR) is 69.9 cm³/mol. The molecule has 0 saturated carbocycles. The van der Waals surface area contributed by atoms with E-state index < -0.39 is 0 Å². The Balaban J connectivity index is 2.22. The highest BCUT2D eigenvalue weighted by molar-refractivity contribution is 8.00. The molecule has 2 rings (SSSR count). The summed E-state index contributed by atoms with van der Waals surface area (Å²) in [4.78, 5) is 10.7. The molecule has 1 saturated heterocycles. The number of anilines is 2. The fourth-order valence-corrected chi connectivity index (χ4v) is 3.43. The van der Waals surface area contributed by atoms with Crippen LogP contribution < -0.4 is 10.6 Å². The summed E-state index contributed by atoms with van der Waals surface area (Å²) in [7, 11) is 0. The summed E-state index contributed by atoms with van der Waals surface area (Å²) < 4.78 is 0. The van der Waals surface area contributed by atoms with Crippen LogP contribution in [0.3, 0.4) is 0 Å². The Bertz CT molecular complexity index is 352. The average molecular weight is 238 g/mol. The molecule has 4 nitrogen and oxygen atoms in total. The van der Waals surface area contributed by atoms with Gasteiger partial charge in [-0.2, -0.15) is 16.7 Å². The van der Waals surface area contributed by atoms with Gasteiger partial charge in [0.1, 0.15) is 5.82 Å². The van der Waals surface area contributed by atoms with Crippen molar-refractivity contribution in [3.05, 3.63) is 11.8 Å². The lowest BCUT2D eigenvalue weighted by Crippen LogP contribution is -2.41. The predicted octanol–water partition coefficient (Wildman–Crippen LogP) is 1.70. The van der Waals surface area contributed by atoms with Gasteiger partial charge in [0.25, 0.3) is 0 Å². The molecule has 0 aromatic carbocycles. The van der Waals surface area contributed by atoms with Crippen LogP contribution in [0, 0.1) is 6.92 Å². The van der Waals surface area contributed by atoms with Crippen LogP contribution in [0.25, 0.3) is 0 Å². The molecule has 5 heteroatoms. The van der Waals surface area contributed by atoms with Crippen molar-refractivity contribution in [2.24, 2.45) is 0 Å². The number of thioether (sulfide) groups is 1. The van der Waals surface area contributed by atoms with Gasteiger partial charge in [0.2, 0.25) is 5.95 Å². The van der Waals surface area contributed by atoms with Crippen LogP contribution in [-0.4, -0.2) is 33.6 Å². The minimum absolute atomic E-state index is 0.369. The highest BCUT2D eigenvalue weighted by atomic mass is 32.2. The third-order valence-electron chi connectivity index (χ3n) is 2.60. The monoisotopic (exact) mass is 238 g/mol. The summed E-state index contributed by atoms with van der Waals surface area (Å²) in [6.45, 7) is 8.53. The normalized spacial score (nSPS) is 25.8. The van der Waals surface area contributed by atoms with Gasteiger partial charge in [-0.15, -0.1) is 0 Å².